The molecule has 5 nitrogen and oxygen atoms in total. The monoisotopic (exact) mass is 346 g/mol. The van der Waals surface area contributed by atoms with Gasteiger partial charge in [0, 0.05) is 12.2 Å². The first-order chi connectivity index (χ1) is 12.2. The number of hydrogen-bond donors (Lipinski definition) is 0. The summed E-state index contributed by atoms with van der Waals surface area (Å²) < 4.78 is 15.1. The second-order valence-electron chi connectivity index (χ2n) is 5.43. The Morgan fingerprint density at radius 2 is 1.60 bits per heavy atom. The minimum Gasteiger partial charge on any atom is -0.490 e. The van der Waals surface area contributed by atoms with Gasteiger partial charge in [-0.05, 0) is 37.8 Å². The molecule has 1 aliphatic carbocycles. The molecule has 5 heteroatoms. The van der Waals surface area contributed by atoms with Crippen LogP contribution in [-0.2, 0) is 19.1 Å². The maximum Gasteiger partial charge on any atom is 0.330 e. The Morgan fingerprint density at radius 1 is 0.960 bits per heavy atom. The third-order valence-electron chi connectivity index (χ3n) is 3.51. The van der Waals surface area contributed by atoms with E-state index in [9.17, 15) is 9.59 Å². The minimum absolute atomic E-state index is 0.161. The zero-order chi connectivity index (χ0) is 18.3. The van der Waals surface area contributed by atoms with Gasteiger partial charge in [0.1, 0.15) is 25.1 Å². The van der Waals surface area contributed by atoms with Crippen molar-refractivity contribution in [2.24, 2.45) is 0 Å². The first-order valence-electron chi connectivity index (χ1n) is 8.45. The van der Waals surface area contributed by atoms with Crippen molar-refractivity contribution in [3.05, 3.63) is 55.6 Å². The minimum atomic E-state index is -0.429. The van der Waals surface area contributed by atoms with Crippen LogP contribution in [0.25, 0.3) is 0 Å². The summed E-state index contributed by atoms with van der Waals surface area (Å²) in [5, 5.41) is 0. The van der Waals surface area contributed by atoms with Gasteiger partial charge in [0.2, 0.25) is 0 Å². The van der Waals surface area contributed by atoms with Gasteiger partial charge in [-0.15, -0.1) is 0 Å². The number of hydrogen-bond acceptors (Lipinski definition) is 5. The Balaban J connectivity index is 0.000000257. The van der Waals surface area contributed by atoms with Crippen molar-refractivity contribution in [1.29, 1.82) is 0 Å². The fourth-order valence-electron chi connectivity index (χ4n) is 2.27. The molecule has 0 atom stereocenters. The molecule has 0 radical (unpaired) electrons. The molecule has 1 aromatic rings. The number of para-hydroxylation sites is 1. The second-order valence-corrected chi connectivity index (χ2v) is 5.43. The van der Waals surface area contributed by atoms with Crippen molar-refractivity contribution in [3.8, 4) is 5.75 Å². The van der Waals surface area contributed by atoms with Gasteiger partial charge in [-0.25, -0.2) is 9.59 Å². The largest absolute Gasteiger partial charge is 0.490 e. The Hall–Kier alpha value is -2.56. The summed E-state index contributed by atoms with van der Waals surface area (Å²) in [6, 6.07) is 9.35. The van der Waals surface area contributed by atoms with Crippen LogP contribution in [0.2, 0.25) is 0 Å². The summed E-state index contributed by atoms with van der Waals surface area (Å²) in [6.45, 7) is 7.22. The topological polar surface area (TPSA) is 61.8 Å². The molecule has 0 heterocycles. The molecule has 1 aromatic carbocycles. The highest BCUT2D eigenvalue weighted by atomic mass is 16.6. The lowest BCUT2D eigenvalue weighted by molar-refractivity contribution is -0.144. The van der Waals surface area contributed by atoms with Gasteiger partial charge < -0.3 is 14.2 Å². The molecule has 0 bridgehead atoms. The summed E-state index contributed by atoms with van der Waals surface area (Å²) in [6.07, 6.45) is 8.23. The Kier molecular flexibility index (Phi) is 10.5. The Morgan fingerprint density at radius 3 is 2.20 bits per heavy atom. The third-order valence-corrected chi connectivity index (χ3v) is 3.51. The van der Waals surface area contributed by atoms with Gasteiger partial charge in [0.15, 0.2) is 0 Å². The average molecular weight is 346 g/mol. The van der Waals surface area contributed by atoms with Crippen molar-refractivity contribution in [1.82, 2.24) is 0 Å². The summed E-state index contributed by atoms with van der Waals surface area (Å²) in [5.41, 5.74) is 0. The molecule has 1 saturated carbocycles. The molecule has 0 unspecified atom stereocenters. The number of benzene rings is 1. The third kappa shape index (κ3) is 10.0. The van der Waals surface area contributed by atoms with Crippen molar-refractivity contribution in [2.75, 3.05) is 13.2 Å². The lowest BCUT2D eigenvalue weighted by Gasteiger charge is -2.20. The zero-order valence-electron chi connectivity index (χ0n) is 14.5. The maximum atomic E-state index is 10.7. The Bertz CT molecular complexity index is 532. The SMILES string of the molecule is C=CC(=O)OC1CCCCC1.C=CC(=O)OCCOc1ccccc1. The van der Waals surface area contributed by atoms with Crippen LogP contribution in [0.15, 0.2) is 55.6 Å². The number of rotatable bonds is 7. The van der Waals surface area contributed by atoms with Crippen LogP contribution in [-0.4, -0.2) is 31.3 Å². The normalized spacial score (nSPS) is 13.6. The molecule has 0 amide bonds. The predicted molar refractivity (Wildman–Crippen MR) is 96.3 cm³/mol. The molecule has 0 saturated heterocycles. The first-order valence-corrected chi connectivity index (χ1v) is 8.45. The zero-order valence-corrected chi connectivity index (χ0v) is 14.5. The standard InChI is InChI=1S/C11H12O3.C9H14O2/c1-2-11(12)14-9-8-13-10-6-4-3-5-7-10;1-2-9(10)11-8-6-4-3-5-7-8/h2-7H,1,8-9H2;2,8H,1,3-7H2. The number of carbonyl (C=O) groups excluding carboxylic acids is 2. The Labute approximate surface area is 149 Å². The van der Waals surface area contributed by atoms with Crippen LogP contribution in [0, 0.1) is 0 Å². The molecule has 0 spiro atoms. The smallest absolute Gasteiger partial charge is 0.330 e. The van der Waals surface area contributed by atoms with Crippen molar-refractivity contribution >= 4 is 11.9 Å². The molecule has 2 rings (SSSR count). The summed E-state index contributed by atoms with van der Waals surface area (Å²) in [7, 11) is 0. The van der Waals surface area contributed by atoms with Crippen LogP contribution >= 0.6 is 0 Å². The van der Waals surface area contributed by atoms with Gasteiger partial charge in [-0.3, -0.25) is 0 Å². The van der Waals surface area contributed by atoms with E-state index in [1.165, 1.54) is 25.3 Å². The van der Waals surface area contributed by atoms with Crippen molar-refractivity contribution < 1.29 is 23.8 Å². The van der Waals surface area contributed by atoms with E-state index in [1.807, 2.05) is 30.3 Å². The van der Waals surface area contributed by atoms with Gasteiger partial charge >= 0.3 is 11.9 Å². The van der Waals surface area contributed by atoms with Crippen LogP contribution in [0.3, 0.4) is 0 Å². The van der Waals surface area contributed by atoms with E-state index in [4.69, 9.17) is 14.2 Å². The van der Waals surface area contributed by atoms with Crippen LogP contribution in [0.5, 0.6) is 5.75 Å². The van der Waals surface area contributed by atoms with Crippen LogP contribution in [0.1, 0.15) is 32.1 Å². The molecule has 136 valence electrons. The maximum absolute atomic E-state index is 10.7. The quantitative estimate of drug-likeness (QED) is 0.426. The second kappa shape index (κ2) is 12.8. The van der Waals surface area contributed by atoms with E-state index < -0.39 is 5.97 Å². The van der Waals surface area contributed by atoms with Crippen LogP contribution < -0.4 is 4.74 Å². The fourth-order valence-corrected chi connectivity index (χ4v) is 2.27. The molecular weight excluding hydrogens is 320 g/mol. The summed E-state index contributed by atoms with van der Waals surface area (Å²) in [4.78, 5) is 21.4. The average Bonchev–Trinajstić information content (AvgIpc) is 2.67. The summed E-state index contributed by atoms with van der Waals surface area (Å²) in [5.74, 6) is 0.0562. The van der Waals surface area contributed by atoms with E-state index in [1.54, 1.807) is 0 Å². The van der Waals surface area contributed by atoms with E-state index >= 15 is 0 Å². The van der Waals surface area contributed by atoms with E-state index in [0.717, 1.165) is 24.7 Å². The van der Waals surface area contributed by atoms with Gasteiger partial charge in [-0.1, -0.05) is 37.8 Å². The van der Waals surface area contributed by atoms with Crippen LogP contribution in [0.4, 0.5) is 0 Å². The first kappa shape index (κ1) is 20.5. The van der Waals surface area contributed by atoms with Crippen molar-refractivity contribution in [2.45, 2.75) is 38.2 Å². The lowest BCUT2D eigenvalue weighted by atomic mass is 9.98. The molecule has 1 fully saturated rings. The highest BCUT2D eigenvalue weighted by Crippen LogP contribution is 2.20. The van der Waals surface area contributed by atoms with Gasteiger partial charge in [0.25, 0.3) is 0 Å². The molecular formula is C20H26O5. The molecule has 1 aliphatic rings. The molecule has 25 heavy (non-hydrogen) atoms. The van der Waals surface area contributed by atoms with Crippen molar-refractivity contribution in [3.63, 3.8) is 0 Å². The van der Waals surface area contributed by atoms with E-state index in [-0.39, 0.29) is 18.7 Å². The predicted octanol–water partition coefficient (Wildman–Crippen LogP) is 3.84. The van der Waals surface area contributed by atoms with Gasteiger partial charge in [0.05, 0.1) is 0 Å². The molecule has 0 aliphatic heterocycles. The lowest BCUT2D eigenvalue weighted by Crippen LogP contribution is -2.19. The number of ether oxygens (including phenoxy) is 3. The highest BCUT2D eigenvalue weighted by molar-refractivity contribution is 5.81. The highest BCUT2D eigenvalue weighted by Gasteiger charge is 2.15. The van der Waals surface area contributed by atoms with E-state index in [0.29, 0.717) is 6.61 Å². The number of esters is 2. The molecule has 0 N–H and O–H groups in total. The fraction of sp³-hybridized carbons (Fsp3) is 0.400. The van der Waals surface area contributed by atoms with E-state index in [2.05, 4.69) is 13.2 Å². The summed E-state index contributed by atoms with van der Waals surface area (Å²) >= 11 is 0. The molecule has 0 aromatic heterocycles. The van der Waals surface area contributed by atoms with Gasteiger partial charge in [-0.2, -0.15) is 0 Å². The number of carbonyl (C=O) groups is 2.